The maximum atomic E-state index is 12.3. The van der Waals surface area contributed by atoms with Crippen LogP contribution in [0.4, 0.5) is 11.4 Å². The molecule has 0 heterocycles. The summed E-state index contributed by atoms with van der Waals surface area (Å²) in [5, 5.41) is 5.39. The van der Waals surface area contributed by atoms with E-state index in [0.29, 0.717) is 29.3 Å². The highest BCUT2D eigenvalue weighted by Crippen LogP contribution is 2.24. The van der Waals surface area contributed by atoms with Crippen molar-refractivity contribution in [1.82, 2.24) is 0 Å². The summed E-state index contributed by atoms with van der Waals surface area (Å²) >= 11 is 0. The number of hydrogen-bond donors (Lipinski definition) is 2. The number of benzene rings is 2. The van der Waals surface area contributed by atoms with Crippen molar-refractivity contribution in [3.8, 4) is 5.75 Å². The summed E-state index contributed by atoms with van der Waals surface area (Å²) in [5.74, 6) is -0.315. The molecule has 6 heteroatoms. The number of rotatable bonds is 7. The summed E-state index contributed by atoms with van der Waals surface area (Å²) in [4.78, 5) is 35.7. The number of anilines is 2. The SMILES string of the molecule is CCOc1ccccc1NC(=O)/C(C)=C\C(=O)Nc1ccc(C(C)=O)cc1. The van der Waals surface area contributed by atoms with Crippen molar-refractivity contribution in [2.75, 3.05) is 17.2 Å². The van der Waals surface area contributed by atoms with Crippen LogP contribution in [-0.2, 0) is 9.59 Å². The van der Waals surface area contributed by atoms with Crippen LogP contribution in [0.15, 0.2) is 60.2 Å². The Morgan fingerprint density at radius 1 is 0.963 bits per heavy atom. The molecule has 0 aliphatic heterocycles. The Hall–Kier alpha value is -3.41. The van der Waals surface area contributed by atoms with Crippen LogP contribution in [0.5, 0.6) is 5.75 Å². The van der Waals surface area contributed by atoms with Crippen LogP contribution in [0.3, 0.4) is 0 Å². The third kappa shape index (κ3) is 5.81. The fourth-order valence-corrected chi connectivity index (χ4v) is 2.30. The number of nitrogens with one attached hydrogen (secondary N) is 2. The third-order valence-corrected chi connectivity index (χ3v) is 3.70. The lowest BCUT2D eigenvalue weighted by atomic mass is 10.1. The van der Waals surface area contributed by atoms with E-state index in [4.69, 9.17) is 4.74 Å². The predicted molar refractivity (Wildman–Crippen MR) is 105 cm³/mol. The van der Waals surface area contributed by atoms with Crippen LogP contribution in [-0.4, -0.2) is 24.2 Å². The van der Waals surface area contributed by atoms with Gasteiger partial charge in [-0.05, 0) is 57.2 Å². The molecule has 2 amide bonds. The fraction of sp³-hybridized carbons (Fsp3) is 0.190. The van der Waals surface area contributed by atoms with Crippen molar-refractivity contribution in [1.29, 1.82) is 0 Å². The van der Waals surface area contributed by atoms with Gasteiger partial charge in [0.25, 0.3) is 5.91 Å². The van der Waals surface area contributed by atoms with E-state index >= 15 is 0 Å². The monoisotopic (exact) mass is 366 g/mol. The molecule has 140 valence electrons. The quantitative estimate of drug-likeness (QED) is 0.576. The van der Waals surface area contributed by atoms with Gasteiger partial charge in [0.05, 0.1) is 12.3 Å². The molecular formula is C21H22N2O4. The first-order chi connectivity index (χ1) is 12.9. The molecule has 2 N–H and O–H groups in total. The molecule has 2 aromatic rings. The van der Waals surface area contributed by atoms with Crippen molar-refractivity contribution in [2.24, 2.45) is 0 Å². The van der Waals surface area contributed by atoms with Crippen molar-refractivity contribution in [2.45, 2.75) is 20.8 Å². The summed E-state index contributed by atoms with van der Waals surface area (Å²) in [6.07, 6.45) is 1.22. The van der Waals surface area contributed by atoms with Crippen molar-refractivity contribution in [3.05, 3.63) is 65.7 Å². The molecule has 2 rings (SSSR count). The van der Waals surface area contributed by atoms with Crippen molar-refractivity contribution < 1.29 is 19.1 Å². The van der Waals surface area contributed by atoms with E-state index in [1.165, 1.54) is 13.0 Å². The van der Waals surface area contributed by atoms with E-state index in [1.807, 2.05) is 13.0 Å². The normalized spacial score (nSPS) is 10.9. The Morgan fingerprint density at radius 2 is 1.63 bits per heavy atom. The molecule has 0 fully saturated rings. The van der Waals surface area contributed by atoms with E-state index in [0.717, 1.165) is 0 Å². The second kappa shape index (κ2) is 9.33. The van der Waals surface area contributed by atoms with E-state index in [1.54, 1.807) is 49.4 Å². The standard InChI is InChI=1S/C21H22N2O4/c1-4-27-19-8-6-5-7-18(19)23-21(26)14(2)13-20(25)22-17-11-9-16(10-12-17)15(3)24/h5-13H,4H2,1-3H3,(H,22,25)(H,23,26)/b14-13-. The lowest BCUT2D eigenvalue weighted by Crippen LogP contribution is -2.16. The number of amides is 2. The molecule has 0 aromatic heterocycles. The Balaban J connectivity index is 2.02. The summed E-state index contributed by atoms with van der Waals surface area (Å²) < 4.78 is 5.47. The molecular weight excluding hydrogens is 344 g/mol. The van der Waals surface area contributed by atoms with E-state index < -0.39 is 11.8 Å². The van der Waals surface area contributed by atoms with Gasteiger partial charge < -0.3 is 15.4 Å². The van der Waals surface area contributed by atoms with Gasteiger partial charge in [0.1, 0.15) is 5.75 Å². The zero-order valence-corrected chi connectivity index (χ0v) is 15.5. The molecule has 27 heavy (non-hydrogen) atoms. The van der Waals surface area contributed by atoms with Gasteiger partial charge in [-0.2, -0.15) is 0 Å². The molecule has 0 aliphatic rings. The van der Waals surface area contributed by atoms with Crippen molar-refractivity contribution in [3.63, 3.8) is 0 Å². The molecule has 0 bridgehead atoms. The zero-order chi connectivity index (χ0) is 19.8. The van der Waals surface area contributed by atoms with E-state index in [9.17, 15) is 14.4 Å². The van der Waals surface area contributed by atoms with Gasteiger partial charge >= 0.3 is 0 Å². The maximum absolute atomic E-state index is 12.3. The van der Waals surface area contributed by atoms with Crippen LogP contribution in [0.25, 0.3) is 0 Å². The molecule has 6 nitrogen and oxygen atoms in total. The Bertz CT molecular complexity index is 870. The molecule has 0 saturated carbocycles. The van der Waals surface area contributed by atoms with Gasteiger partial charge in [0.15, 0.2) is 5.78 Å². The van der Waals surface area contributed by atoms with Gasteiger partial charge in [0, 0.05) is 22.9 Å². The highest BCUT2D eigenvalue weighted by atomic mass is 16.5. The van der Waals surface area contributed by atoms with Gasteiger partial charge in [-0.25, -0.2) is 0 Å². The molecule has 0 atom stereocenters. The Labute approximate surface area is 158 Å². The topological polar surface area (TPSA) is 84.5 Å². The van der Waals surface area contributed by atoms with Crippen LogP contribution in [0.1, 0.15) is 31.1 Å². The van der Waals surface area contributed by atoms with Gasteiger partial charge in [-0.1, -0.05) is 12.1 Å². The zero-order valence-electron chi connectivity index (χ0n) is 15.5. The summed E-state index contributed by atoms with van der Waals surface area (Å²) in [7, 11) is 0. The van der Waals surface area contributed by atoms with E-state index in [2.05, 4.69) is 10.6 Å². The molecule has 2 aromatic carbocycles. The minimum atomic E-state index is -0.434. The van der Waals surface area contributed by atoms with Gasteiger partial charge in [0.2, 0.25) is 5.91 Å². The summed E-state index contributed by atoms with van der Waals surface area (Å²) in [5.41, 5.74) is 1.89. The Morgan fingerprint density at radius 3 is 2.26 bits per heavy atom. The van der Waals surface area contributed by atoms with E-state index in [-0.39, 0.29) is 11.4 Å². The van der Waals surface area contributed by atoms with Crippen molar-refractivity contribution >= 4 is 29.0 Å². The van der Waals surface area contributed by atoms with Crippen LogP contribution in [0, 0.1) is 0 Å². The first-order valence-electron chi connectivity index (χ1n) is 8.54. The molecule has 0 radical (unpaired) electrons. The number of hydrogen-bond acceptors (Lipinski definition) is 4. The molecule has 0 saturated heterocycles. The highest BCUT2D eigenvalue weighted by Gasteiger charge is 2.11. The molecule has 0 spiro atoms. The van der Waals surface area contributed by atoms with Crippen LogP contribution in [0.2, 0.25) is 0 Å². The minimum Gasteiger partial charge on any atom is -0.492 e. The summed E-state index contributed by atoms with van der Waals surface area (Å²) in [6.45, 7) is 5.36. The third-order valence-electron chi connectivity index (χ3n) is 3.70. The summed E-state index contributed by atoms with van der Waals surface area (Å²) in [6, 6.07) is 13.6. The second-order valence-corrected chi connectivity index (χ2v) is 5.83. The van der Waals surface area contributed by atoms with Gasteiger partial charge in [-0.3, -0.25) is 14.4 Å². The second-order valence-electron chi connectivity index (χ2n) is 5.83. The largest absolute Gasteiger partial charge is 0.492 e. The fourth-order valence-electron chi connectivity index (χ4n) is 2.30. The number of carbonyl (C=O) groups excluding carboxylic acids is 3. The molecule has 0 unspecified atom stereocenters. The average Bonchev–Trinajstić information content (AvgIpc) is 2.63. The average molecular weight is 366 g/mol. The number of carbonyl (C=O) groups is 3. The number of ketones is 1. The number of ether oxygens (including phenoxy) is 1. The number of Topliss-reactive ketones (excluding diaryl/α,β-unsaturated/α-hetero) is 1. The maximum Gasteiger partial charge on any atom is 0.251 e. The minimum absolute atomic E-state index is 0.0485. The smallest absolute Gasteiger partial charge is 0.251 e. The lowest BCUT2D eigenvalue weighted by molar-refractivity contribution is -0.114. The van der Waals surface area contributed by atoms with Gasteiger partial charge in [-0.15, -0.1) is 0 Å². The van der Waals surface area contributed by atoms with Crippen LogP contribution >= 0.6 is 0 Å². The molecule has 0 aliphatic carbocycles. The predicted octanol–water partition coefficient (Wildman–Crippen LogP) is 3.81. The highest BCUT2D eigenvalue weighted by molar-refractivity contribution is 6.10. The lowest BCUT2D eigenvalue weighted by Gasteiger charge is -2.11. The first kappa shape index (κ1) is 19.9. The number of para-hydroxylation sites is 2. The first-order valence-corrected chi connectivity index (χ1v) is 8.54. The van der Waals surface area contributed by atoms with Crippen LogP contribution < -0.4 is 15.4 Å². The Kier molecular flexibility index (Phi) is 6.88.